The molecule has 0 aromatic carbocycles. The molecule has 0 aromatic heterocycles. The molecule has 0 radical (unpaired) electrons. The Morgan fingerprint density at radius 1 is 1.83 bits per heavy atom. The standard InChI is InChI=1S/HP2S4/c3-2-1-6(4)5-2/h1H/q+1. The molecule has 0 bridgehead atoms. The van der Waals surface area contributed by atoms with Crippen LogP contribution in [0.2, 0.25) is 0 Å². The van der Waals surface area contributed by atoms with Crippen molar-refractivity contribution in [3.05, 3.63) is 0 Å². The van der Waals surface area contributed by atoms with Crippen molar-refractivity contribution in [3.8, 4) is 0 Å². The molecule has 0 aliphatic carbocycles. The Morgan fingerprint density at radius 2 is 2.33 bits per heavy atom. The summed E-state index contributed by atoms with van der Waals surface area (Å²) in [6, 6.07) is 0. The molecule has 3 unspecified atom stereocenters. The maximum atomic E-state index is 4.92. The summed E-state index contributed by atoms with van der Waals surface area (Å²) in [5.74, 6) is 0. The maximum Gasteiger partial charge on any atom is 0.284 e. The number of hydrogen-bond acceptors (Lipinski definition) is 3. The van der Waals surface area contributed by atoms with Gasteiger partial charge in [-0.25, -0.2) is 0 Å². The predicted octanol–water partition coefficient (Wildman–Crippen LogP) is 2.10. The van der Waals surface area contributed by atoms with Crippen LogP contribution in [0.3, 0.4) is 0 Å². The summed E-state index contributed by atoms with van der Waals surface area (Å²) in [6.45, 7) is 0. The lowest BCUT2D eigenvalue weighted by Gasteiger charge is -1.95. The highest BCUT2D eigenvalue weighted by molar-refractivity contribution is 9.37. The van der Waals surface area contributed by atoms with E-state index >= 15 is 0 Å². The van der Waals surface area contributed by atoms with Crippen LogP contribution < -0.4 is 0 Å². The van der Waals surface area contributed by atoms with Crippen molar-refractivity contribution < 1.29 is 0 Å². The molecular formula is HP2S4+. The molecule has 6 heteroatoms. The van der Waals surface area contributed by atoms with E-state index in [4.69, 9.17) is 23.0 Å². The maximum absolute atomic E-state index is 4.92. The van der Waals surface area contributed by atoms with E-state index in [0.717, 1.165) is 7.47 Å². The molecule has 1 aliphatic rings. The quantitative estimate of drug-likeness (QED) is 0.425. The van der Waals surface area contributed by atoms with Gasteiger partial charge in [-0.3, -0.25) is 0 Å². The summed E-state index contributed by atoms with van der Waals surface area (Å²) in [5.41, 5.74) is -0.0211. The minimum atomic E-state index is -0.0211. The molecule has 0 amide bonds. The van der Waals surface area contributed by atoms with Crippen molar-refractivity contribution in [2.75, 3.05) is 0 Å². The van der Waals surface area contributed by atoms with E-state index in [-0.39, 0.29) is 13.7 Å². The van der Waals surface area contributed by atoms with Crippen LogP contribution in [0, 0.1) is 0 Å². The van der Waals surface area contributed by atoms with Crippen LogP contribution in [0.15, 0.2) is 0 Å². The SMILES string of the molecule is S=[P+]1PS(=S)S1. The molecule has 1 rings (SSSR count). The smallest absolute Gasteiger partial charge is 0.0280 e. The second-order valence-corrected chi connectivity index (χ2v) is 17.8. The molecule has 1 aliphatic heterocycles. The van der Waals surface area contributed by atoms with Gasteiger partial charge in [0.25, 0.3) is 5.59 Å². The van der Waals surface area contributed by atoms with Gasteiger partial charge >= 0.3 is 0 Å². The molecule has 1 fully saturated rings. The average Bonchev–Trinajstić information content (AvgIpc) is 1.33. The Labute approximate surface area is 54.4 Å². The van der Waals surface area contributed by atoms with Crippen LogP contribution in [-0.4, -0.2) is 0 Å². The third-order valence-corrected chi connectivity index (χ3v) is 23.0. The van der Waals surface area contributed by atoms with Crippen LogP contribution in [0.4, 0.5) is 0 Å². The van der Waals surface area contributed by atoms with Crippen LogP contribution in [0.25, 0.3) is 0 Å². The van der Waals surface area contributed by atoms with Crippen molar-refractivity contribution in [1.82, 2.24) is 0 Å². The van der Waals surface area contributed by atoms with Crippen molar-refractivity contribution in [2.45, 2.75) is 0 Å². The molecule has 0 saturated carbocycles. The molecule has 3 atom stereocenters. The topological polar surface area (TPSA) is 0 Å². The summed E-state index contributed by atoms with van der Waals surface area (Å²) >= 11 is 9.82. The normalized spacial score (nSPS) is 42.7. The summed E-state index contributed by atoms with van der Waals surface area (Å²) in [7, 11) is 3.05. The molecule has 1 heterocycles. The largest absolute Gasteiger partial charge is 0.284 e. The highest BCUT2D eigenvalue weighted by Gasteiger charge is 2.30. The lowest BCUT2D eigenvalue weighted by Crippen LogP contribution is -1.65. The highest BCUT2D eigenvalue weighted by atomic mass is 33.8. The molecule has 34 valence electrons. The molecule has 6 heavy (non-hydrogen) atoms. The first-order valence-corrected chi connectivity index (χ1v) is 10.1. The van der Waals surface area contributed by atoms with Gasteiger partial charge in [-0.1, -0.05) is 0 Å². The zero-order valence-corrected chi connectivity index (χ0v) is 7.74. The summed E-state index contributed by atoms with van der Waals surface area (Å²) < 4.78 is 0. The first kappa shape index (κ1) is 6.00. The fourth-order valence-electron chi connectivity index (χ4n) is 0.126. The van der Waals surface area contributed by atoms with Gasteiger partial charge in [0.2, 0.25) is 7.47 Å². The van der Waals surface area contributed by atoms with E-state index in [1.807, 2.05) is 10.4 Å². The predicted molar refractivity (Wildman–Crippen MR) is 44.9 cm³/mol. The Morgan fingerprint density at radius 3 is 2.33 bits per heavy atom. The summed E-state index contributed by atoms with van der Waals surface area (Å²) in [5, 5.41) is 0. The fraction of sp³-hybridized carbons (Fsp3) is 0. The lowest BCUT2D eigenvalue weighted by molar-refractivity contribution is 5.05. The first-order valence-electron chi connectivity index (χ1n) is 1.13. The summed E-state index contributed by atoms with van der Waals surface area (Å²) in [6.07, 6.45) is 0. The van der Waals surface area contributed by atoms with Gasteiger partial charge in [-0.2, -0.15) is 0 Å². The minimum absolute atomic E-state index is 0.0211. The lowest BCUT2D eigenvalue weighted by atomic mass is 29.3. The molecule has 0 spiro atoms. The Hall–Kier alpha value is 1.87. The second-order valence-electron chi connectivity index (χ2n) is 0.658. The monoisotopic (exact) mass is 191 g/mol. The van der Waals surface area contributed by atoms with Crippen LogP contribution in [0.5, 0.6) is 0 Å². The van der Waals surface area contributed by atoms with Crippen molar-refractivity contribution in [2.24, 2.45) is 0 Å². The van der Waals surface area contributed by atoms with Crippen molar-refractivity contribution >= 4 is 54.6 Å². The molecular weight excluding hydrogens is 190 g/mol. The first-order chi connectivity index (χ1) is 2.79. The van der Waals surface area contributed by atoms with Gasteiger partial charge < -0.3 is 0 Å². The van der Waals surface area contributed by atoms with Crippen molar-refractivity contribution in [3.63, 3.8) is 0 Å². The zero-order chi connectivity index (χ0) is 4.57. The van der Waals surface area contributed by atoms with E-state index < -0.39 is 0 Å². The van der Waals surface area contributed by atoms with Gasteiger partial charge in [-0.05, 0) is 11.2 Å². The van der Waals surface area contributed by atoms with E-state index in [2.05, 4.69) is 0 Å². The van der Waals surface area contributed by atoms with E-state index in [0.29, 0.717) is 0 Å². The van der Waals surface area contributed by atoms with E-state index in [9.17, 15) is 0 Å². The van der Waals surface area contributed by atoms with Crippen LogP contribution in [0.1, 0.15) is 0 Å². The molecule has 0 N–H and O–H groups in total. The minimum Gasteiger partial charge on any atom is -0.0280 e. The van der Waals surface area contributed by atoms with E-state index in [1.165, 1.54) is 0 Å². The Bertz CT molecular complexity index is 82.1. The van der Waals surface area contributed by atoms with Gasteiger partial charge in [0.05, 0.1) is 8.11 Å². The van der Waals surface area contributed by atoms with Gasteiger partial charge in [0.1, 0.15) is 0 Å². The van der Waals surface area contributed by atoms with Crippen molar-refractivity contribution in [1.29, 1.82) is 0 Å². The molecule has 1 saturated heterocycles. The van der Waals surface area contributed by atoms with Crippen LogP contribution in [-0.2, 0) is 31.1 Å². The van der Waals surface area contributed by atoms with Gasteiger partial charge in [0.15, 0.2) is 22.2 Å². The second kappa shape index (κ2) is 2.43. The average molecular weight is 191 g/mol. The van der Waals surface area contributed by atoms with Gasteiger partial charge in [0, 0.05) is 0 Å². The Kier molecular flexibility index (Phi) is 2.43. The molecule has 0 aromatic rings. The Balaban J connectivity index is 2.47. The summed E-state index contributed by atoms with van der Waals surface area (Å²) in [4.78, 5) is 0. The third-order valence-electron chi connectivity index (χ3n) is 0.284. The van der Waals surface area contributed by atoms with Crippen LogP contribution >= 0.6 is 23.5 Å². The number of hydrogen-bond donors (Lipinski definition) is 0. The zero-order valence-electron chi connectivity index (χ0n) is 2.58. The molecule has 0 nitrogen and oxygen atoms in total. The fourth-order valence-corrected chi connectivity index (χ4v) is 24.5. The third kappa shape index (κ3) is 1.43. The number of rotatable bonds is 0. The highest BCUT2D eigenvalue weighted by Crippen LogP contribution is 2.73. The van der Waals surface area contributed by atoms with Gasteiger partial charge in [-0.15, -0.1) is 0 Å². The van der Waals surface area contributed by atoms with E-state index in [1.54, 1.807) is 0 Å².